The summed E-state index contributed by atoms with van der Waals surface area (Å²) >= 11 is 0. The molecule has 0 bridgehead atoms. The smallest absolute Gasteiger partial charge is 0.159 e. The molecule has 1 saturated carbocycles. The van der Waals surface area contributed by atoms with Gasteiger partial charge in [-0.3, -0.25) is 4.79 Å². The predicted molar refractivity (Wildman–Crippen MR) is 58.0 cm³/mol. The van der Waals surface area contributed by atoms with E-state index in [-0.39, 0.29) is 0 Å². The molecule has 0 aromatic heterocycles. The topological polar surface area (TPSA) is 17.1 Å². The molecule has 0 spiro atoms. The summed E-state index contributed by atoms with van der Waals surface area (Å²) in [5.74, 6) is 1.12. The van der Waals surface area contributed by atoms with Crippen molar-refractivity contribution in [3.63, 3.8) is 0 Å². The van der Waals surface area contributed by atoms with Gasteiger partial charge in [0, 0.05) is 6.42 Å². The second-order valence-corrected chi connectivity index (χ2v) is 4.40. The zero-order valence-corrected chi connectivity index (χ0v) is 8.72. The lowest BCUT2D eigenvalue weighted by Crippen LogP contribution is -2.22. The molecule has 2 aliphatic carbocycles. The summed E-state index contributed by atoms with van der Waals surface area (Å²) in [6, 6.07) is 0. The molecule has 0 aliphatic heterocycles. The average molecular weight is 190 g/mol. The van der Waals surface area contributed by atoms with Crippen molar-refractivity contribution < 1.29 is 4.79 Å². The van der Waals surface area contributed by atoms with E-state index in [4.69, 9.17) is 0 Å². The number of carbonyl (C=O) groups excluding carboxylic acids is 1. The fourth-order valence-corrected chi connectivity index (χ4v) is 2.82. The van der Waals surface area contributed by atoms with E-state index in [0.29, 0.717) is 5.78 Å². The van der Waals surface area contributed by atoms with Crippen LogP contribution in [-0.4, -0.2) is 5.78 Å². The Hall–Kier alpha value is -0.850. The van der Waals surface area contributed by atoms with Gasteiger partial charge in [0.05, 0.1) is 0 Å². The van der Waals surface area contributed by atoms with Crippen LogP contribution in [0, 0.1) is 5.92 Å². The largest absolute Gasteiger partial charge is 0.295 e. The highest BCUT2D eigenvalue weighted by Gasteiger charge is 2.28. The Bertz CT molecular complexity index is 286. The van der Waals surface area contributed by atoms with Gasteiger partial charge in [-0.2, -0.15) is 0 Å². The minimum Gasteiger partial charge on any atom is -0.295 e. The van der Waals surface area contributed by atoms with Gasteiger partial charge in [-0.25, -0.2) is 0 Å². The molecule has 0 aromatic rings. The van der Waals surface area contributed by atoms with Crippen LogP contribution in [0.3, 0.4) is 0 Å². The first kappa shape index (κ1) is 9.70. The summed E-state index contributed by atoms with van der Waals surface area (Å²) in [4.78, 5) is 11.7. The number of Topliss-reactive ketones (excluding diaryl/α,β-unsaturated/α-hetero) is 1. The molecule has 2 rings (SSSR count). The summed E-state index contributed by atoms with van der Waals surface area (Å²) < 4.78 is 0. The number of hydrogen-bond acceptors (Lipinski definition) is 1. The first-order valence-electron chi connectivity index (χ1n) is 5.69. The zero-order chi connectivity index (χ0) is 9.97. The van der Waals surface area contributed by atoms with Crippen molar-refractivity contribution in [2.24, 2.45) is 5.92 Å². The lowest BCUT2D eigenvalue weighted by atomic mass is 9.73. The van der Waals surface area contributed by atoms with Gasteiger partial charge in [0.25, 0.3) is 0 Å². The summed E-state index contributed by atoms with van der Waals surface area (Å²) in [5.41, 5.74) is 2.59. The normalized spacial score (nSPS) is 27.4. The van der Waals surface area contributed by atoms with Crippen LogP contribution in [0.15, 0.2) is 23.8 Å². The number of hydrogen-bond donors (Lipinski definition) is 0. The minimum absolute atomic E-state index is 0.387. The van der Waals surface area contributed by atoms with Crippen molar-refractivity contribution in [1.29, 1.82) is 0 Å². The van der Waals surface area contributed by atoms with Crippen molar-refractivity contribution in [1.82, 2.24) is 0 Å². The second-order valence-electron chi connectivity index (χ2n) is 4.40. The maximum atomic E-state index is 11.7. The summed E-state index contributed by atoms with van der Waals surface area (Å²) in [5, 5.41) is 0. The van der Waals surface area contributed by atoms with Gasteiger partial charge in [-0.05, 0) is 43.6 Å². The number of allylic oxidation sites excluding steroid dienone is 3. The number of fused-ring (bicyclic) bond motifs is 1. The van der Waals surface area contributed by atoms with Gasteiger partial charge in [0.2, 0.25) is 0 Å². The van der Waals surface area contributed by atoms with Crippen molar-refractivity contribution in [2.45, 2.75) is 44.9 Å². The molecule has 76 valence electrons. The Morgan fingerprint density at radius 3 is 2.93 bits per heavy atom. The highest BCUT2D eigenvalue weighted by molar-refractivity contribution is 5.97. The highest BCUT2D eigenvalue weighted by atomic mass is 16.1. The maximum Gasteiger partial charge on any atom is 0.159 e. The second kappa shape index (κ2) is 4.12. The summed E-state index contributed by atoms with van der Waals surface area (Å²) in [7, 11) is 0. The fourth-order valence-electron chi connectivity index (χ4n) is 2.82. The average Bonchev–Trinajstić information content (AvgIpc) is 2.23. The molecule has 0 heterocycles. The van der Waals surface area contributed by atoms with Crippen LogP contribution in [0.4, 0.5) is 0 Å². The lowest BCUT2D eigenvalue weighted by molar-refractivity contribution is -0.116. The predicted octanol–water partition coefficient (Wildman–Crippen LogP) is 3.41. The Kier molecular flexibility index (Phi) is 2.85. The summed E-state index contributed by atoms with van der Waals surface area (Å²) in [6.07, 6.45) is 9.65. The molecule has 2 aliphatic rings. The summed E-state index contributed by atoms with van der Waals surface area (Å²) in [6.45, 7) is 3.74. The Morgan fingerprint density at radius 1 is 1.29 bits per heavy atom. The molecular weight excluding hydrogens is 172 g/mol. The van der Waals surface area contributed by atoms with Crippen LogP contribution < -0.4 is 0 Å². The first-order valence-corrected chi connectivity index (χ1v) is 5.69. The van der Waals surface area contributed by atoms with Gasteiger partial charge in [0.15, 0.2) is 5.78 Å². The first-order chi connectivity index (χ1) is 6.83. The van der Waals surface area contributed by atoms with Gasteiger partial charge >= 0.3 is 0 Å². The minimum atomic E-state index is 0.387. The van der Waals surface area contributed by atoms with E-state index in [1.54, 1.807) is 0 Å². The van der Waals surface area contributed by atoms with Gasteiger partial charge in [-0.1, -0.05) is 18.1 Å². The van der Waals surface area contributed by atoms with Crippen LogP contribution in [0.2, 0.25) is 0 Å². The van der Waals surface area contributed by atoms with Crippen molar-refractivity contribution in [3.8, 4) is 0 Å². The van der Waals surface area contributed by atoms with Crippen LogP contribution in [0.1, 0.15) is 44.9 Å². The van der Waals surface area contributed by atoms with Crippen LogP contribution in [0.5, 0.6) is 0 Å². The van der Waals surface area contributed by atoms with E-state index in [0.717, 1.165) is 30.8 Å². The molecule has 1 heteroatoms. The van der Waals surface area contributed by atoms with E-state index in [1.165, 1.54) is 31.3 Å². The highest BCUT2D eigenvalue weighted by Crippen LogP contribution is 2.39. The quantitative estimate of drug-likeness (QED) is 0.610. The SMILES string of the molecule is C=CCC1=C2CCCC[C@@H]2CCC1=O. The van der Waals surface area contributed by atoms with Gasteiger partial charge in [0.1, 0.15) is 0 Å². The molecule has 1 atom stereocenters. The van der Waals surface area contributed by atoms with Gasteiger partial charge in [-0.15, -0.1) is 6.58 Å². The standard InChI is InChI=1S/C13H18O/c1-2-5-12-11-7-4-3-6-10(11)8-9-13(12)14/h2,10H,1,3-9H2/t10-/m1/s1. The fraction of sp³-hybridized carbons (Fsp3) is 0.615. The molecule has 0 unspecified atom stereocenters. The molecule has 0 saturated heterocycles. The van der Waals surface area contributed by atoms with Crippen molar-refractivity contribution in [2.75, 3.05) is 0 Å². The number of rotatable bonds is 2. The molecule has 1 nitrogen and oxygen atoms in total. The third-order valence-corrected chi connectivity index (χ3v) is 3.53. The third kappa shape index (κ3) is 1.68. The van der Waals surface area contributed by atoms with E-state index >= 15 is 0 Å². The van der Waals surface area contributed by atoms with Crippen molar-refractivity contribution in [3.05, 3.63) is 23.8 Å². The molecule has 1 fully saturated rings. The third-order valence-electron chi connectivity index (χ3n) is 3.53. The molecular formula is C13H18O. The number of ketones is 1. The van der Waals surface area contributed by atoms with Crippen LogP contribution >= 0.6 is 0 Å². The van der Waals surface area contributed by atoms with E-state index in [2.05, 4.69) is 6.58 Å². The molecule has 0 radical (unpaired) electrons. The molecule has 0 N–H and O–H groups in total. The Labute approximate surface area is 85.9 Å². The number of carbonyl (C=O) groups is 1. The monoisotopic (exact) mass is 190 g/mol. The molecule has 14 heavy (non-hydrogen) atoms. The zero-order valence-electron chi connectivity index (χ0n) is 8.72. The lowest BCUT2D eigenvalue weighted by Gasteiger charge is -2.31. The van der Waals surface area contributed by atoms with Crippen LogP contribution in [-0.2, 0) is 4.79 Å². The van der Waals surface area contributed by atoms with E-state index in [9.17, 15) is 4.79 Å². The Balaban J connectivity index is 2.29. The maximum absolute atomic E-state index is 11.7. The molecule has 0 aromatic carbocycles. The van der Waals surface area contributed by atoms with E-state index < -0.39 is 0 Å². The van der Waals surface area contributed by atoms with Crippen LogP contribution in [0.25, 0.3) is 0 Å². The van der Waals surface area contributed by atoms with Crippen molar-refractivity contribution >= 4 is 5.78 Å². The molecule has 0 amide bonds. The van der Waals surface area contributed by atoms with Gasteiger partial charge < -0.3 is 0 Å². The Morgan fingerprint density at radius 2 is 2.14 bits per heavy atom. The van der Waals surface area contributed by atoms with E-state index in [1.807, 2.05) is 6.08 Å².